The second-order valence-electron chi connectivity index (χ2n) is 7.96. The highest BCUT2D eigenvalue weighted by atomic mass is 32.1. The van der Waals surface area contributed by atoms with Crippen molar-refractivity contribution in [2.45, 2.75) is 39.2 Å². The Balaban J connectivity index is 3.93. The second kappa shape index (κ2) is 12.2. The molecule has 1 N–H and O–H groups in total. The van der Waals surface area contributed by atoms with E-state index in [1.807, 2.05) is 0 Å². The van der Waals surface area contributed by atoms with Crippen LogP contribution in [0.4, 0.5) is 4.79 Å². The van der Waals surface area contributed by atoms with Crippen molar-refractivity contribution >= 4 is 47.2 Å². The molecule has 0 saturated heterocycles. The lowest BCUT2D eigenvalue weighted by Gasteiger charge is -2.37. The number of carbonyl (C=O) groups is 5. The minimum Gasteiger partial charge on any atom is -0.468 e. The maximum atomic E-state index is 13.3. The number of nitrogens with zero attached hydrogens (tertiary/aromatic N) is 3. The molecule has 1 amide bonds. The summed E-state index contributed by atoms with van der Waals surface area (Å²) < 4.78 is 28.1. The second-order valence-corrected chi connectivity index (χ2v) is 8.57. The molecule has 2 atom stereocenters. The Hall–Kier alpha value is -3.62. The van der Waals surface area contributed by atoms with E-state index in [1.54, 1.807) is 20.8 Å². The van der Waals surface area contributed by atoms with Gasteiger partial charge in [-0.1, -0.05) is 4.49 Å². The Morgan fingerprint density at radius 3 is 1.89 bits per heavy atom. The topological polar surface area (TPSA) is 182 Å². The minimum absolute atomic E-state index is 0.181. The van der Waals surface area contributed by atoms with Crippen molar-refractivity contribution in [1.82, 2.24) is 15.0 Å². The lowest BCUT2D eigenvalue weighted by Crippen LogP contribution is -2.58. The largest absolute Gasteiger partial charge is 0.468 e. The van der Waals surface area contributed by atoms with E-state index in [-0.39, 0.29) is 11.4 Å². The molecule has 35 heavy (non-hydrogen) atoms. The van der Waals surface area contributed by atoms with Crippen LogP contribution in [-0.2, 0) is 42.9 Å². The van der Waals surface area contributed by atoms with E-state index in [1.165, 1.54) is 12.3 Å². The third-order valence-electron chi connectivity index (χ3n) is 4.64. The van der Waals surface area contributed by atoms with Crippen LogP contribution in [0.5, 0.6) is 0 Å². The molecule has 0 aliphatic rings. The zero-order chi connectivity index (χ0) is 27.0. The molecule has 1 heterocycles. The SMILES string of the molecule is COC(=O)C(/C(C)=N/NC(=O)OC(C)(C)C)C(C(=O)OC)(C(=O)OC)C(C(=O)OC)c1csnn1. The molecule has 0 spiro atoms. The number of ether oxygens (including phenoxy) is 5. The zero-order valence-electron chi connectivity index (χ0n) is 20.6. The smallest absolute Gasteiger partial charge is 0.428 e. The molecule has 0 aliphatic carbocycles. The monoisotopic (exact) mass is 516 g/mol. The van der Waals surface area contributed by atoms with Crippen molar-refractivity contribution in [1.29, 1.82) is 0 Å². The Morgan fingerprint density at radius 2 is 1.49 bits per heavy atom. The maximum absolute atomic E-state index is 13.3. The Morgan fingerprint density at radius 1 is 0.943 bits per heavy atom. The van der Waals surface area contributed by atoms with Crippen LogP contribution in [0.1, 0.15) is 39.3 Å². The minimum atomic E-state index is -2.78. The molecule has 1 aromatic rings. The zero-order valence-corrected chi connectivity index (χ0v) is 21.4. The van der Waals surface area contributed by atoms with Crippen LogP contribution in [0.15, 0.2) is 10.5 Å². The van der Waals surface area contributed by atoms with E-state index in [4.69, 9.17) is 23.7 Å². The molecular weight excluding hydrogens is 488 g/mol. The molecule has 1 rings (SSSR count). The lowest BCUT2D eigenvalue weighted by molar-refractivity contribution is -0.183. The van der Waals surface area contributed by atoms with Crippen LogP contribution in [0.25, 0.3) is 0 Å². The van der Waals surface area contributed by atoms with Crippen LogP contribution in [-0.4, -0.2) is 79.3 Å². The average molecular weight is 517 g/mol. The molecule has 0 radical (unpaired) electrons. The summed E-state index contributed by atoms with van der Waals surface area (Å²) in [5.74, 6) is -8.83. The van der Waals surface area contributed by atoms with Crippen molar-refractivity contribution in [2.24, 2.45) is 16.4 Å². The summed E-state index contributed by atoms with van der Waals surface area (Å²) in [5.41, 5.74) is -2.08. The highest BCUT2D eigenvalue weighted by Gasteiger charge is 2.67. The van der Waals surface area contributed by atoms with Crippen molar-refractivity contribution in [2.75, 3.05) is 28.4 Å². The van der Waals surface area contributed by atoms with Gasteiger partial charge >= 0.3 is 30.0 Å². The first-order valence-electron chi connectivity index (χ1n) is 9.94. The molecule has 0 aliphatic heterocycles. The summed E-state index contributed by atoms with van der Waals surface area (Å²) in [5, 5.41) is 8.89. The number of rotatable bonds is 9. The summed E-state index contributed by atoms with van der Waals surface area (Å²) in [6.07, 6.45) is -0.990. The summed E-state index contributed by atoms with van der Waals surface area (Å²) in [4.78, 5) is 64.8. The predicted octanol–water partition coefficient (Wildman–Crippen LogP) is 0.817. The van der Waals surface area contributed by atoms with E-state index >= 15 is 0 Å². The van der Waals surface area contributed by atoms with Gasteiger partial charge in [-0.2, -0.15) is 5.10 Å². The van der Waals surface area contributed by atoms with Gasteiger partial charge < -0.3 is 23.7 Å². The Labute approximate surface area is 205 Å². The molecule has 0 saturated carbocycles. The van der Waals surface area contributed by atoms with Crippen LogP contribution in [0.2, 0.25) is 0 Å². The van der Waals surface area contributed by atoms with Gasteiger partial charge in [0, 0.05) is 5.38 Å². The molecule has 0 bridgehead atoms. The van der Waals surface area contributed by atoms with E-state index in [0.717, 1.165) is 40.0 Å². The van der Waals surface area contributed by atoms with E-state index in [0.29, 0.717) is 0 Å². The number of amides is 1. The first-order valence-corrected chi connectivity index (χ1v) is 10.8. The fourth-order valence-electron chi connectivity index (χ4n) is 3.32. The van der Waals surface area contributed by atoms with Crippen LogP contribution < -0.4 is 5.43 Å². The number of nitrogens with one attached hydrogen (secondary N) is 1. The fraction of sp³-hybridized carbons (Fsp3) is 0.600. The van der Waals surface area contributed by atoms with Crippen molar-refractivity contribution in [3.8, 4) is 0 Å². The first-order chi connectivity index (χ1) is 16.3. The van der Waals surface area contributed by atoms with Gasteiger partial charge in [0.05, 0.1) is 39.8 Å². The van der Waals surface area contributed by atoms with Gasteiger partial charge in [0.2, 0.25) is 5.41 Å². The number of carbonyl (C=O) groups excluding carboxylic acids is 5. The van der Waals surface area contributed by atoms with Gasteiger partial charge in [0.15, 0.2) is 0 Å². The van der Waals surface area contributed by atoms with Crippen LogP contribution in [0.3, 0.4) is 0 Å². The summed E-state index contributed by atoms with van der Waals surface area (Å²) in [7, 11) is 3.87. The Bertz CT molecular complexity index is 955. The maximum Gasteiger partial charge on any atom is 0.428 e. The highest BCUT2D eigenvalue weighted by Crippen LogP contribution is 2.46. The normalized spacial score (nSPS) is 13.7. The third kappa shape index (κ3) is 6.49. The van der Waals surface area contributed by atoms with Crippen molar-refractivity contribution < 1.29 is 47.7 Å². The van der Waals surface area contributed by atoms with E-state index in [2.05, 4.69) is 20.1 Å². The highest BCUT2D eigenvalue weighted by molar-refractivity contribution is 7.03. The summed E-state index contributed by atoms with van der Waals surface area (Å²) in [6, 6.07) is 0. The molecule has 194 valence electrons. The van der Waals surface area contributed by atoms with Crippen LogP contribution >= 0.6 is 11.5 Å². The van der Waals surface area contributed by atoms with Gasteiger partial charge in [-0.3, -0.25) is 19.2 Å². The molecule has 15 heteroatoms. The fourth-order valence-corrected chi connectivity index (χ4v) is 3.80. The number of methoxy groups -OCH3 is 4. The quantitative estimate of drug-likeness (QED) is 0.161. The Kier molecular flexibility index (Phi) is 10.2. The van der Waals surface area contributed by atoms with Gasteiger partial charge in [0.1, 0.15) is 17.4 Å². The molecule has 0 aromatic carbocycles. The standard InChI is InChI=1S/C20H28N4O10S/c1-10(21-23-18(29)34-19(2,3)4)12(14(25)30-5)20(16(27)32-7,17(28)33-8)13(15(26)31-6)11-9-35-24-22-11/h9,12-13H,1-8H3,(H,23,29)/b21-10+. The third-order valence-corrected chi connectivity index (χ3v) is 5.17. The van der Waals surface area contributed by atoms with E-state index < -0.39 is 52.8 Å². The number of hydrazone groups is 1. The number of esters is 4. The van der Waals surface area contributed by atoms with Gasteiger partial charge in [0.25, 0.3) is 0 Å². The van der Waals surface area contributed by atoms with Gasteiger partial charge in [-0.05, 0) is 39.2 Å². The van der Waals surface area contributed by atoms with Gasteiger partial charge in [-0.25, -0.2) is 10.2 Å². The number of hydrogen-bond acceptors (Lipinski definition) is 14. The molecule has 1 aromatic heterocycles. The average Bonchev–Trinajstić information content (AvgIpc) is 3.33. The molecular formula is C20H28N4O10S. The van der Waals surface area contributed by atoms with Crippen molar-refractivity contribution in [3.63, 3.8) is 0 Å². The van der Waals surface area contributed by atoms with E-state index in [9.17, 15) is 24.0 Å². The predicted molar refractivity (Wildman–Crippen MR) is 119 cm³/mol. The van der Waals surface area contributed by atoms with Crippen molar-refractivity contribution in [3.05, 3.63) is 11.1 Å². The lowest BCUT2D eigenvalue weighted by atomic mass is 9.63. The number of hydrogen-bond donors (Lipinski definition) is 1. The summed E-state index contributed by atoms with van der Waals surface area (Å²) in [6.45, 7) is 6.06. The van der Waals surface area contributed by atoms with Gasteiger partial charge in [-0.15, -0.1) is 5.10 Å². The molecule has 14 nitrogen and oxygen atoms in total. The molecule has 2 unspecified atom stereocenters. The van der Waals surface area contributed by atoms with Crippen LogP contribution in [0, 0.1) is 11.3 Å². The summed E-state index contributed by atoms with van der Waals surface area (Å²) >= 11 is 0.811. The number of aromatic nitrogens is 2. The first kappa shape index (κ1) is 29.4. The molecule has 0 fully saturated rings.